The van der Waals surface area contributed by atoms with E-state index in [1.54, 1.807) is 0 Å². The molecule has 3 rings (SSSR count). The fraction of sp³-hybridized carbons (Fsp3) is 0.429. The highest BCUT2D eigenvalue weighted by atomic mass is 35.5. The highest BCUT2D eigenvalue weighted by molar-refractivity contribution is 6.30. The summed E-state index contributed by atoms with van der Waals surface area (Å²) in [6.07, 6.45) is 1.11. The lowest BCUT2D eigenvalue weighted by Crippen LogP contribution is -2.13. The molecule has 1 aromatic heterocycles. The molecule has 1 aliphatic rings. The molecule has 1 N–H and O–H groups in total. The van der Waals surface area contributed by atoms with Crippen LogP contribution in [-0.2, 0) is 0 Å². The maximum absolute atomic E-state index is 6.13. The number of hydrogen-bond acceptors (Lipinski definition) is 3. The largest absolute Gasteiger partial charge is 0.316 e. The molecule has 1 aliphatic heterocycles. The zero-order valence-electron chi connectivity index (χ0n) is 11.2. The first-order valence-electron chi connectivity index (χ1n) is 6.56. The smallest absolute Gasteiger partial charge is 0.142 e. The van der Waals surface area contributed by atoms with Gasteiger partial charge in [-0.25, -0.2) is 0 Å². The Hall–Kier alpha value is -1.39. The topological polar surface area (TPSA) is 42.7 Å². The fourth-order valence-electron chi connectivity index (χ4n) is 2.64. The third-order valence-electron chi connectivity index (χ3n) is 3.69. The van der Waals surface area contributed by atoms with Crippen molar-refractivity contribution in [3.63, 3.8) is 0 Å². The van der Waals surface area contributed by atoms with E-state index >= 15 is 0 Å². The fourth-order valence-corrected chi connectivity index (χ4v) is 2.81. The van der Waals surface area contributed by atoms with E-state index in [2.05, 4.69) is 27.0 Å². The molecule has 1 saturated heterocycles. The Bertz CT molecular complexity index is 599. The quantitative estimate of drug-likeness (QED) is 0.917. The van der Waals surface area contributed by atoms with Crippen LogP contribution in [0.3, 0.4) is 0 Å². The van der Waals surface area contributed by atoms with Crippen LogP contribution in [0.4, 0.5) is 0 Å². The van der Waals surface area contributed by atoms with Crippen molar-refractivity contribution in [2.45, 2.75) is 26.2 Å². The second-order valence-corrected chi connectivity index (χ2v) is 5.50. The number of aromatic nitrogens is 3. The molecule has 4 nitrogen and oxygen atoms in total. The van der Waals surface area contributed by atoms with Crippen molar-refractivity contribution in [2.75, 3.05) is 13.1 Å². The molecule has 19 heavy (non-hydrogen) atoms. The van der Waals surface area contributed by atoms with E-state index in [1.165, 1.54) is 5.56 Å². The minimum Gasteiger partial charge on any atom is -0.316 e. The van der Waals surface area contributed by atoms with Crippen LogP contribution in [0.15, 0.2) is 18.2 Å². The first-order chi connectivity index (χ1) is 9.16. The molecule has 100 valence electrons. The molecule has 5 heteroatoms. The van der Waals surface area contributed by atoms with Crippen molar-refractivity contribution in [1.82, 2.24) is 20.1 Å². The molecule has 0 amide bonds. The Kier molecular flexibility index (Phi) is 3.29. The molecule has 2 aromatic rings. The molecule has 0 spiro atoms. The van der Waals surface area contributed by atoms with Crippen molar-refractivity contribution in [1.29, 1.82) is 0 Å². The first-order valence-corrected chi connectivity index (χ1v) is 6.94. The van der Waals surface area contributed by atoms with E-state index in [1.807, 2.05) is 25.1 Å². The van der Waals surface area contributed by atoms with E-state index in [-0.39, 0.29) is 0 Å². The van der Waals surface area contributed by atoms with Crippen molar-refractivity contribution in [2.24, 2.45) is 0 Å². The summed E-state index contributed by atoms with van der Waals surface area (Å²) in [6.45, 7) is 6.09. The summed E-state index contributed by atoms with van der Waals surface area (Å²) in [6, 6.07) is 5.93. The maximum atomic E-state index is 6.13. The van der Waals surface area contributed by atoms with Gasteiger partial charge in [-0.15, -0.1) is 10.2 Å². The van der Waals surface area contributed by atoms with Gasteiger partial charge in [0.15, 0.2) is 0 Å². The van der Waals surface area contributed by atoms with Crippen molar-refractivity contribution in [3.8, 4) is 5.69 Å². The zero-order chi connectivity index (χ0) is 13.4. The number of benzene rings is 1. The summed E-state index contributed by atoms with van der Waals surface area (Å²) in [5.74, 6) is 2.37. The van der Waals surface area contributed by atoms with Gasteiger partial charge in [0.25, 0.3) is 0 Å². The molecule has 1 fully saturated rings. The molecule has 1 atom stereocenters. The van der Waals surface area contributed by atoms with Crippen LogP contribution in [-0.4, -0.2) is 27.9 Å². The summed E-state index contributed by atoms with van der Waals surface area (Å²) in [4.78, 5) is 0. The lowest BCUT2D eigenvalue weighted by Gasteiger charge is -2.15. The summed E-state index contributed by atoms with van der Waals surface area (Å²) in [5.41, 5.74) is 2.26. The van der Waals surface area contributed by atoms with Gasteiger partial charge < -0.3 is 5.32 Å². The number of rotatable bonds is 2. The van der Waals surface area contributed by atoms with E-state index in [0.29, 0.717) is 5.92 Å². The van der Waals surface area contributed by atoms with Gasteiger partial charge in [-0.3, -0.25) is 4.57 Å². The van der Waals surface area contributed by atoms with Crippen molar-refractivity contribution in [3.05, 3.63) is 40.4 Å². The number of halogens is 1. The Balaban J connectivity index is 2.13. The van der Waals surface area contributed by atoms with Crippen LogP contribution in [0, 0.1) is 13.8 Å². The Morgan fingerprint density at radius 2 is 2.16 bits per heavy atom. The minimum atomic E-state index is 0.430. The normalized spacial score (nSPS) is 19.0. The molecular formula is C14H17ClN4. The second-order valence-electron chi connectivity index (χ2n) is 5.06. The van der Waals surface area contributed by atoms with E-state index < -0.39 is 0 Å². The van der Waals surface area contributed by atoms with Crippen LogP contribution in [0.5, 0.6) is 0 Å². The Morgan fingerprint density at radius 1 is 1.32 bits per heavy atom. The monoisotopic (exact) mass is 276 g/mol. The summed E-state index contributed by atoms with van der Waals surface area (Å²) in [7, 11) is 0. The highest BCUT2D eigenvalue weighted by Gasteiger charge is 2.24. The number of nitrogens with one attached hydrogen (secondary N) is 1. The number of aryl methyl sites for hydroxylation is 2. The van der Waals surface area contributed by atoms with E-state index in [0.717, 1.165) is 41.9 Å². The van der Waals surface area contributed by atoms with Crippen LogP contribution in [0.1, 0.15) is 29.6 Å². The average Bonchev–Trinajstić information content (AvgIpc) is 3.01. The predicted molar refractivity (Wildman–Crippen MR) is 76.1 cm³/mol. The highest BCUT2D eigenvalue weighted by Crippen LogP contribution is 2.27. The summed E-state index contributed by atoms with van der Waals surface area (Å²) < 4.78 is 2.14. The molecular weight excluding hydrogens is 260 g/mol. The van der Waals surface area contributed by atoms with Gasteiger partial charge in [0.05, 0.1) is 5.69 Å². The molecule has 1 unspecified atom stereocenters. The van der Waals surface area contributed by atoms with Gasteiger partial charge in [-0.05, 0) is 44.5 Å². The van der Waals surface area contributed by atoms with Gasteiger partial charge in [-0.1, -0.05) is 17.7 Å². The molecule has 0 saturated carbocycles. The number of hydrogen-bond donors (Lipinski definition) is 1. The lowest BCUT2D eigenvalue weighted by atomic mass is 10.1. The van der Waals surface area contributed by atoms with Gasteiger partial charge in [0, 0.05) is 17.5 Å². The SMILES string of the molecule is Cc1ccc(Cl)cc1-n1c(C)nnc1C1CCNC1. The van der Waals surface area contributed by atoms with Crippen molar-refractivity contribution >= 4 is 11.6 Å². The minimum absolute atomic E-state index is 0.430. The zero-order valence-corrected chi connectivity index (χ0v) is 11.9. The predicted octanol–water partition coefficient (Wildman–Crippen LogP) is 2.61. The summed E-state index contributed by atoms with van der Waals surface area (Å²) >= 11 is 6.13. The maximum Gasteiger partial charge on any atom is 0.142 e. The molecule has 2 heterocycles. The summed E-state index contributed by atoms with van der Waals surface area (Å²) in [5, 5.41) is 12.7. The first kappa shape index (κ1) is 12.6. The van der Waals surface area contributed by atoms with Gasteiger partial charge in [-0.2, -0.15) is 0 Å². The molecule has 1 aromatic carbocycles. The Labute approximate surface area is 117 Å². The van der Waals surface area contributed by atoms with Crippen LogP contribution in [0.2, 0.25) is 5.02 Å². The number of nitrogens with zero attached hydrogens (tertiary/aromatic N) is 3. The molecule has 0 bridgehead atoms. The second kappa shape index (κ2) is 4.94. The third kappa shape index (κ3) is 2.26. The van der Waals surface area contributed by atoms with E-state index in [9.17, 15) is 0 Å². The van der Waals surface area contributed by atoms with Gasteiger partial charge in [0.2, 0.25) is 0 Å². The van der Waals surface area contributed by atoms with Crippen LogP contribution < -0.4 is 5.32 Å². The van der Waals surface area contributed by atoms with Gasteiger partial charge in [0.1, 0.15) is 11.6 Å². The van der Waals surface area contributed by atoms with Gasteiger partial charge >= 0.3 is 0 Å². The lowest BCUT2D eigenvalue weighted by molar-refractivity contribution is 0.679. The third-order valence-corrected chi connectivity index (χ3v) is 3.92. The van der Waals surface area contributed by atoms with E-state index in [4.69, 9.17) is 11.6 Å². The van der Waals surface area contributed by atoms with Crippen molar-refractivity contribution < 1.29 is 0 Å². The molecule has 0 aliphatic carbocycles. The standard InChI is InChI=1S/C14H17ClN4/c1-9-3-4-12(15)7-13(9)19-10(2)17-18-14(19)11-5-6-16-8-11/h3-4,7,11,16H,5-6,8H2,1-2H3. The van der Waals surface area contributed by atoms with Crippen LogP contribution >= 0.6 is 11.6 Å². The van der Waals surface area contributed by atoms with Crippen LogP contribution in [0.25, 0.3) is 5.69 Å². The molecule has 0 radical (unpaired) electrons. The Morgan fingerprint density at radius 3 is 2.89 bits per heavy atom. The average molecular weight is 277 g/mol.